The summed E-state index contributed by atoms with van der Waals surface area (Å²) in [6, 6.07) is 11.9. The van der Waals surface area contributed by atoms with Gasteiger partial charge >= 0.3 is 0 Å². The Bertz CT molecular complexity index is 1040. The van der Waals surface area contributed by atoms with Gasteiger partial charge in [0.25, 0.3) is 5.56 Å². The zero-order chi connectivity index (χ0) is 19.0. The maximum Gasteiger partial charge on any atom is 0.262 e. The zero-order valence-corrected chi connectivity index (χ0v) is 17.0. The average Bonchev–Trinajstić information content (AvgIpc) is 3.36. The summed E-state index contributed by atoms with van der Waals surface area (Å²) in [7, 11) is 1.73. The lowest BCUT2D eigenvalue weighted by Crippen LogP contribution is -2.34. The van der Waals surface area contributed by atoms with Crippen molar-refractivity contribution in [3.8, 4) is 10.4 Å². The summed E-state index contributed by atoms with van der Waals surface area (Å²) in [5, 5.41) is 0.963. The number of thioether (sulfide) groups is 1. The zero-order valence-electron chi connectivity index (χ0n) is 15.3. The van der Waals surface area contributed by atoms with E-state index < -0.39 is 0 Å². The molecule has 1 unspecified atom stereocenters. The van der Waals surface area contributed by atoms with Gasteiger partial charge in [0.15, 0.2) is 5.16 Å². The number of rotatable bonds is 4. The van der Waals surface area contributed by atoms with E-state index >= 15 is 0 Å². The molecule has 0 aliphatic carbocycles. The van der Waals surface area contributed by atoms with Gasteiger partial charge in [0.1, 0.15) is 4.83 Å². The van der Waals surface area contributed by atoms with Gasteiger partial charge in [-0.15, -0.1) is 11.3 Å². The fourth-order valence-electron chi connectivity index (χ4n) is 3.30. The molecule has 0 bridgehead atoms. The molecular formula is C20H21N3O2S2. The topological polar surface area (TPSA) is 55.2 Å². The van der Waals surface area contributed by atoms with E-state index in [4.69, 9.17) is 4.98 Å². The van der Waals surface area contributed by atoms with Gasteiger partial charge in [0, 0.05) is 25.0 Å². The third-order valence-corrected chi connectivity index (χ3v) is 7.05. The number of nitrogens with zero attached hydrogens (tertiary/aromatic N) is 3. The molecule has 3 heterocycles. The van der Waals surface area contributed by atoms with Crippen molar-refractivity contribution in [1.29, 1.82) is 0 Å². The minimum atomic E-state index is -0.257. The molecule has 7 heteroatoms. The number of amides is 1. The van der Waals surface area contributed by atoms with E-state index in [0.717, 1.165) is 41.2 Å². The number of thiophene rings is 1. The molecule has 4 rings (SSSR count). The van der Waals surface area contributed by atoms with Crippen molar-refractivity contribution in [3.63, 3.8) is 0 Å². The van der Waals surface area contributed by atoms with Crippen LogP contribution < -0.4 is 5.56 Å². The monoisotopic (exact) mass is 399 g/mol. The first-order valence-electron chi connectivity index (χ1n) is 9.06. The molecule has 1 atom stereocenters. The van der Waals surface area contributed by atoms with Gasteiger partial charge in [0.05, 0.1) is 10.6 Å². The Labute approximate surface area is 166 Å². The van der Waals surface area contributed by atoms with Crippen molar-refractivity contribution < 1.29 is 4.79 Å². The van der Waals surface area contributed by atoms with Gasteiger partial charge in [0.2, 0.25) is 5.91 Å². The molecular weight excluding hydrogens is 378 g/mol. The van der Waals surface area contributed by atoms with E-state index in [1.54, 1.807) is 11.6 Å². The summed E-state index contributed by atoms with van der Waals surface area (Å²) < 4.78 is 1.56. The Morgan fingerprint density at radius 2 is 1.93 bits per heavy atom. The van der Waals surface area contributed by atoms with Crippen molar-refractivity contribution >= 4 is 39.2 Å². The molecule has 3 aromatic rings. The third kappa shape index (κ3) is 3.53. The van der Waals surface area contributed by atoms with Gasteiger partial charge in [-0.3, -0.25) is 14.2 Å². The first-order valence-corrected chi connectivity index (χ1v) is 10.8. The van der Waals surface area contributed by atoms with Crippen molar-refractivity contribution in [1.82, 2.24) is 14.5 Å². The van der Waals surface area contributed by atoms with Crippen LogP contribution in [0.5, 0.6) is 0 Å². The second kappa shape index (κ2) is 7.48. The van der Waals surface area contributed by atoms with E-state index in [9.17, 15) is 9.59 Å². The summed E-state index contributed by atoms with van der Waals surface area (Å²) in [5.41, 5.74) is 1.01. The number of carbonyl (C=O) groups excluding carboxylic acids is 1. The molecule has 0 saturated carbocycles. The Hall–Kier alpha value is -2.12. The van der Waals surface area contributed by atoms with Crippen LogP contribution in [-0.4, -0.2) is 38.7 Å². The number of hydrogen-bond acceptors (Lipinski definition) is 5. The summed E-state index contributed by atoms with van der Waals surface area (Å²) in [6.45, 7) is 3.56. The molecule has 0 spiro atoms. The van der Waals surface area contributed by atoms with Crippen LogP contribution in [-0.2, 0) is 11.8 Å². The molecule has 140 valence electrons. The van der Waals surface area contributed by atoms with Crippen molar-refractivity contribution in [3.05, 3.63) is 46.8 Å². The number of hydrogen-bond donors (Lipinski definition) is 0. The Morgan fingerprint density at radius 1 is 1.22 bits per heavy atom. The molecule has 1 aromatic carbocycles. The number of fused-ring (bicyclic) bond motifs is 1. The lowest BCUT2D eigenvalue weighted by Gasteiger charge is -2.20. The standard InChI is InChI=1S/C20H21N3O2S2/c1-13(18(24)23-10-6-7-11-23)26-20-21-17-15(19(25)22(20)2)12-16(27-17)14-8-4-3-5-9-14/h3-5,8-9,12-13H,6-7,10-11H2,1-2H3. The maximum atomic E-state index is 12.8. The Kier molecular flexibility index (Phi) is 5.06. The van der Waals surface area contributed by atoms with Crippen LogP contribution in [0.2, 0.25) is 0 Å². The smallest absolute Gasteiger partial charge is 0.262 e. The molecule has 1 aliphatic rings. The largest absolute Gasteiger partial charge is 0.342 e. The van der Waals surface area contributed by atoms with Gasteiger partial charge in [-0.1, -0.05) is 42.1 Å². The van der Waals surface area contributed by atoms with Crippen molar-refractivity contribution in [2.75, 3.05) is 13.1 Å². The lowest BCUT2D eigenvalue weighted by molar-refractivity contribution is -0.129. The Morgan fingerprint density at radius 3 is 2.63 bits per heavy atom. The van der Waals surface area contributed by atoms with E-state index in [0.29, 0.717) is 10.5 Å². The highest BCUT2D eigenvalue weighted by molar-refractivity contribution is 8.00. The minimum absolute atomic E-state index is 0.0678. The first-order chi connectivity index (χ1) is 13.0. The SMILES string of the molecule is CC(Sc1nc2sc(-c3ccccc3)cc2c(=O)n1C)C(=O)N1CCCC1. The van der Waals surface area contributed by atoms with Gasteiger partial charge < -0.3 is 4.90 Å². The van der Waals surface area contributed by atoms with Gasteiger partial charge in [-0.25, -0.2) is 4.98 Å². The fourth-order valence-corrected chi connectivity index (χ4v) is 5.34. The number of likely N-dealkylation sites (tertiary alicyclic amines) is 1. The molecule has 27 heavy (non-hydrogen) atoms. The first kappa shape index (κ1) is 18.3. The van der Waals surface area contributed by atoms with Crippen LogP contribution in [0, 0.1) is 0 Å². The lowest BCUT2D eigenvalue weighted by atomic mass is 10.2. The summed E-state index contributed by atoms with van der Waals surface area (Å²) in [6.07, 6.45) is 2.15. The summed E-state index contributed by atoms with van der Waals surface area (Å²) in [4.78, 5) is 33.8. The van der Waals surface area contributed by atoms with Crippen LogP contribution in [0.25, 0.3) is 20.7 Å². The van der Waals surface area contributed by atoms with Crippen LogP contribution in [0.4, 0.5) is 0 Å². The highest BCUT2D eigenvalue weighted by atomic mass is 32.2. The molecule has 1 fully saturated rings. The summed E-state index contributed by atoms with van der Waals surface area (Å²) in [5.74, 6) is 0.128. The summed E-state index contributed by atoms with van der Waals surface area (Å²) >= 11 is 2.88. The minimum Gasteiger partial charge on any atom is -0.342 e. The predicted octanol–water partition coefficient (Wildman–Crippen LogP) is 3.77. The van der Waals surface area contributed by atoms with Crippen LogP contribution in [0.1, 0.15) is 19.8 Å². The fraction of sp³-hybridized carbons (Fsp3) is 0.350. The molecule has 1 amide bonds. The molecule has 5 nitrogen and oxygen atoms in total. The van der Waals surface area contributed by atoms with Crippen LogP contribution in [0.15, 0.2) is 46.3 Å². The normalized spacial score (nSPS) is 15.4. The molecule has 1 saturated heterocycles. The number of aromatic nitrogens is 2. The molecule has 1 aliphatic heterocycles. The van der Waals surface area contributed by atoms with E-state index in [1.165, 1.54) is 23.1 Å². The molecule has 0 radical (unpaired) electrons. The highest BCUT2D eigenvalue weighted by Gasteiger charge is 2.25. The maximum absolute atomic E-state index is 12.8. The number of carbonyl (C=O) groups is 1. The third-order valence-electron chi connectivity index (χ3n) is 4.84. The molecule has 0 N–H and O–H groups in total. The number of benzene rings is 1. The average molecular weight is 400 g/mol. The van der Waals surface area contributed by atoms with Crippen LogP contribution in [0.3, 0.4) is 0 Å². The van der Waals surface area contributed by atoms with Crippen molar-refractivity contribution in [2.24, 2.45) is 7.05 Å². The van der Waals surface area contributed by atoms with E-state index in [2.05, 4.69) is 0 Å². The second-order valence-corrected chi connectivity index (χ2v) is 9.09. The van der Waals surface area contributed by atoms with Crippen molar-refractivity contribution in [2.45, 2.75) is 30.2 Å². The predicted molar refractivity (Wildman–Crippen MR) is 111 cm³/mol. The van der Waals surface area contributed by atoms with Gasteiger partial charge in [-0.2, -0.15) is 0 Å². The van der Waals surface area contributed by atoms with Crippen LogP contribution >= 0.6 is 23.1 Å². The second-order valence-electron chi connectivity index (χ2n) is 6.75. The Balaban J connectivity index is 1.66. The van der Waals surface area contributed by atoms with E-state index in [1.807, 2.05) is 48.2 Å². The van der Waals surface area contributed by atoms with Gasteiger partial charge in [-0.05, 0) is 31.4 Å². The highest BCUT2D eigenvalue weighted by Crippen LogP contribution is 2.32. The van der Waals surface area contributed by atoms with E-state index in [-0.39, 0.29) is 16.7 Å². The molecule has 2 aromatic heterocycles. The quantitative estimate of drug-likeness (QED) is 0.495.